The lowest BCUT2D eigenvalue weighted by molar-refractivity contribution is -0.132. The number of anilines is 1. The van der Waals surface area contributed by atoms with E-state index in [-0.39, 0.29) is 5.91 Å². The highest BCUT2D eigenvalue weighted by atomic mass is 16.5. The summed E-state index contributed by atoms with van der Waals surface area (Å²) in [6.45, 7) is 6.63. The molecular formula is C16H24N4O2. The number of amides is 1. The first-order valence-corrected chi connectivity index (χ1v) is 8.23. The van der Waals surface area contributed by atoms with Crippen molar-refractivity contribution in [3.63, 3.8) is 0 Å². The number of unbranched alkanes of at least 4 members (excludes halogenated alkanes) is 1. The summed E-state index contributed by atoms with van der Waals surface area (Å²) in [4.78, 5) is 25.5. The fourth-order valence-electron chi connectivity index (χ4n) is 2.91. The Balaban J connectivity index is 1.70. The third-order valence-corrected chi connectivity index (χ3v) is 4.32. The van der Waals surface area contributed by atoms with Crippen LogP contribution in [0.15, 0.2) is 6.20 Å². The predicted molar refractivity (Wildman–Crippen MR) is 83.7 cm³/mol. The summed E-state index contributed by atoms with van der Waals surface area (Å²) in [5, 5.41) is 0. The van der Waals surface area contributed by atoms with Gasteiger partial charge in [0.05, 0.1) is 25.5 Å². The summed E-state index contributed by atoms with van der Waals surface area (Å²) in [7, 11) is 0. The van der Waals surface area contributed by atoms with E-state index in [1.807, 2.05) is 11.1 Å². The van der Waals surface area contributed by atoms with Gasteiger partial charge in [0.1, 0.15) is 0 Å². The van der Waals surface area contributed by atoms with E-state index >= 15 is 0 Å². The molecule has 1 saturated heterocycles. The number of nitrogens with zero attached hydrogens (tertiary/aromatic N) is 4. The molecule has 0 bridgehead atoms. The molecule has 120 valence electrons. The van der Waals surface area contributed by atoms with Gasteiger partial charge in [-0.3, -0.25) is 4.79 Å². The molecule has 1 fully saturated rings. The molecule has 1 aromatic heterocycles. The largest absolute Gasteiger partial charge is 0.378 e. The number of hydrogen-bond donors (Lipinski definition) is 0. The fourth-order valence-corrected chi connectivity index (χ4v) is 2.91. The molecule has 1 aromatic rings. The number of hydrogen-bond acceptors (Lipinski definition) is 5. The Hall–Kier alpha value is -1.69. The number of morpholine rings is 1. The van der Waals surface area contributed by atoms with Crippen molar-refractivity contribution in [3.05, 3.63) is 17.5 Å². The molecule has 0 spiro atoms. The smallest absolute Gasteiger partial charge is 0.225 e. The molecule has 0 aliphatic carbocycles. The Kier molecular flexibility index (Phi) is 4.87. The van der Waals surface area contributed by atoms with Crippen LogP contribution < -0.4 is 4.90 Å². The summed E-state index contributed by atoms with van der Waals surface area (Å²) in [5.74, 6) is 1.02. The minimum absolute atomic E-state index is 0.249. The molecule has 0 unspecified atom stereocenters. The SMILES string of the molecule is CCCCC(=O)N1CCc2cnc(N3CCOCC3)nc2C1. The Morgan fingerprint density at radius 1 is 1.32 bits per heavy atom. The van der Waals surface area contributed by atoms with Gasteiger partial charge < -0.3 is 14.5 Å². The number of ether oxygens (including phenoxy) is 1. The highest BCUT2D eigenvalue weighted by Gasteiger charge is 2.23. The second-order valence-electron chi connectivity index (χ2n) is 5.91. The lowest BCUT2D eigenvalue weighted by atomic mass is 10.1. The second-order valence-corrected chi connectivity index (χ2v) is 5.91. The van der Waals surface area contributed by atoms with Gasteiger partial charge in [-0.1, -0.05) is 13.3 Å². The Morgan fingerprint density at radius 3 is 2.91 bits per heavy atom. The van der Waals surface area contributed by atoms with E-state index in [1.165, 1.54) is 5.56 Å². The van der Waals surface area contributed by atoms with Crippen LogP contribution in [0, 0.1) is 0 Å². The average molecular weight is 304 g/mol. The number of fused-ring (bicyclic) bond motifs is 1. The van der Waals surface area contributed by atoms with Gasteiger partial charge in [-0.25, -0.2) is 9.97 Å². The van der Waals surface area contributed by atoms with Crippen LogP contribution >= 0.6 is 0 Å². The van der Waals surface area contributed by atoms with Gasteiger partial charge in [0.15, 0.2) is 0 Å². The first-order chi connectivity index (χ1) is 10.8. The van der Waals surface area contributed by atoms with Crippen molar-refractivity contribution in [2.24, 2.45) is 0 Å². The maximum Gasteiger partial charge on any atom is 0.225 e. The Bertz CT molecular complexity index is 529. The van der Waals surface area contributed by atoms with Gasteiger partial charge in [-0.15, -0.1) is 0 Å². The summed E-state index contributed by atoms with van der Waals surface area (Å²) < 4.78 is 5.37. The molecule has 22 heavy (non-hydrogen) atoms. The predicted octanol–water partition coefficient (Wildman–Crippen LogP) is 1.39. The average Bonchev–Trinajstić information content (AvgIpc) is 2.59. The van der Waals surface area contributed by atoms with Gasteiger partial charge in [-0.05, 0) is 18.4 Å². The van der Waals surface area contributed by atoms with E-state index in [4.69, 9.17) is 9.72 Å². The zero-order valence-electron chi connectivity index (χ0n) is 13.3. The number of aromatic nitrogens is 2. The van der Waals surface area contributed by atoms with Crippen LogP contribution in [-0.4, -0.2) is 53.6 Å². The van der Waals surface area contributed by atoms with Crippen LogP contribution in [0.1, 0.15) is 37.4 Å². The fraction of sp³-hybridized carbons (Fsp3) is 0.688. The maximum absolute atomic E-state index is 12.2. The monoisotopic (exact) mass is 304 g/mol. The molecule has 0 N–H and O–H groups in total. The molecule has 3 rings (SSSR count). The molecule has 1 amide bonds. The van der Waals surface area contributed by atoms with E-state index in [9.17, 15) is 4.79 Å². The minimum Gasteiger partial charge on any atom is -0.378 e. The van der Waals surface area contributed by atoms with Gasteiger partial charge in [0, 0.05) is 32.3 Å². The maximum atomic E-state index is 12.2. The molecule has 3 heterocycles. The topological polar surface area (TPSA) is 58.6 Å². The number of rotatable bonds is 4. The van der Waals surface area contributed by atoms with Crippen molar-refractivity contribution in [2.75, 3.05) is 37.7 Å². The molecule has 0 saturated carbocycles. The molecule has 0 radical (unpaired) electrons. The van der Waals surface area contributed by atoms with Crippen molar-refractivity contribution in [2.45, 2.75) is 39.2 Å². The van der Waals surface area contributed by atoms with Crippen molar-refractivity contribution >= 4 is 11.9 Å². The lowest BCUT2D eigenvalue weighted by Gasteiger charge is -2.30. The molecular weight excluding hydrogens is 280 g/mol. The lowest BCUT2D eigenvalue weighted by Crippen LogP contribution is -2.39. The molecule has 0 atom stereocenters. The van der Waals surface area contributed by atoms with Gasteiger partial charge >= 0.3 is 0 Å². The molecule has 6 heteroatoms. The van der Waals surface area contributed by atoms with Crippen LogP contribution in [0.4, 0.5) is 5.95 Å². The highest BCUT2D eigenvalue weighted by Crippen LogP contribution is 2.20. The van der Waals surface area contributed by atoms with E-state index in [1.54, 1.807) is 0 Å². The zero-order valence-corrected chi connectivity index (χ0v) is 13.3. The van der Waals surface area contributed by atoms with Crippen LogP contribution in [0.25, 0.3) is 0 Å². The highest BCUT2D eigenvalue weighted by molar-refractivity contribution is 5.76. The van der Waals surface area contributed by atoms with Crippen molar-refractivity contribution in [1.82, 2.24) is 14.9 Å². The standard InChI is InChI=1S/C16H24N4O2/c1-2-3-4-15(21)20-6-5-13-11-17-16(18-14(13)12-20)19-7-9-22-10-8-19/h11H,2-10,12H2,1H3. The first kappa shape index (κ1) is 15.2. The van der Waals surface area contributed by atoms with Crippen LogP contribution in [0.3, 0.4) is 0 Å². The summed E-state index contributed by atoms with van der Waals surface area (Å²) >= 11 is 0. The van der Waals surface area contributed by atoms with E-state index in [2.05, 4.69) is 16.8 Å². The van der Waals surface area contributed by atoms with Crippen molar-refractivity contribution in [3.8, 4) is 0 Å². The summed E-state index contributed by atoms with van der Waals surface area (Å²) in [6.07, 6.45) is 5.45. The third kappa shape index (κ3) is 3.38. The van der Waals surface area contributed by atoms with E-state index in [0.717, 1.165) is 63.8 Å². The van der Waals surface area contributed by atoms with Gasteiger partial charge in [0.2, 0.25) is 11.9 Å². The van der Waals surface area contributed by atoms with Crippen molar-refractivity contribution in [1.29, 1.82) is 0 Å². The first-order valence-electron chi connectivity index (χ1n) is 8.23. The second kappa shape index (κ2) is 7.05. The molecule has 6 nitrogen and oxygen atoms in total. The zero-order chi connectivity index (χ0) is 15.4. The Morgan fingerprint density at radius 2 is 2.14 bits per heavy atom. The number of carbonyl (C=O) groups is 1. The molecule has 2 aliphatic rings. The van der Waals surface area contributed by atoms with Crippen LogP contribution in [0.2, 0.25) is 0 Å². The van der Waals surface area contributed by atoms with Gasteiger partial charge in [0.25, 0.3) is 0 Å². The van der Waals surface area contributed by atoms with Crippen molar-refractivity contribution < 1.29 is 9.53 Å². The number of carbonyl (C=O) groups excluding carboxylic acids is 1. The third-order valence-electron chi connectivity index (χ3n) is 4.32. The van der Waals surface area contributed by atoms with E-state index in [0.29, 0.717) is 13.0 Å². The quantitative estimate of drug-likeness (QED) is 0.841. The van der Waals surface area contributed by atoms with Gasteiger partial charge in [-0.2, -0.15) is 0 Å². The molecule has 0 aromatic carbocycles. The van der Waals surface area contributed by atoms with Crippen LogP contribution in [-0.2, 0) is 22.5 Å². The summed E-state index contributed by atoms with van der Waals surface area (Å²) in [5.41, 5.74) is 2.18. The Labute approximate surface area is 131 Å². The van der Waals surface area contributed by atoms with E-state index < -0.39 is 0 Å². The van der Waals surface area contributed by atoms with Crippen LogP contribution in [0.5, 0.6) is 0 Å². The normalized spacial score (nSPS) is 18.2. The molecule has 2 aliphatic heterocycles. The minimum atomic E-state index is 0.249. The summed E-state index contributed by atoms with van der Waals surface area (Å²) in [6, 6.07) is 0.